The standard InChI is InChI=1S/C8H14O2.2CH4/c1-5(7(3)9)6(2)8(4)10;;/h5-6H,1-4H3;2*1H4. The second-order valence-corrected chi connectivity index (χ2v) is 2.80. The topological polar surface area (TPSA) is 34.1 Å². The van der Waals surface area contributed by atoms with Gasteiger partial charge in [0.25, 0.3) is 0 Å². The molecule has 2 heteroatoms. The first-order chi connectivity index (χ1) is 4.46. The SMILES string of the molecule is C.C.CC(=O)C(C)C(C)C(C)=O. The van der Waals surface area contributed by atoms with E-state index in [1.807, 2.05) is 0 Å². The molecule has 0 saturated carbocycles. The summed E-state index contributed by atoms with van der Waals surface area (Å²) in [5.41, 5.74) is 0. The van der Waals surface area contributed by atoms with Crippen molar-refractivity contribution in [2.75, 3.05) is 0 Å². The van der Waals surface area contributed by atoms with Gasteiger partial charge in [-0.25, -0.2) is 0 Å². The second-order valence-electron chi connectivity index (χ2n) is 2.80. The van der Waals surface area contributed by atoms with Gasteiger partial charge in [0.05, 0.1) is 0 Å². The fourth-order valence-corrected chi connectivity index (χ4v) is 0.704. The minimum Gasteiger partial charge on any atom is -0.300 e. The summed E-state index contributed by atoms with van der Waals surface area (Å²) in [4.78, 5) is 21.5. The maximum atomic E-state index is 10.7. The lowest BCUT2D eigenvalue weighted by Crippen LogP contribution is -2.21. The summed E-state index contributed by atoms with van der Waals surface area (Å²) in [6.45, 7) is 6.61. The number of carbonyl (C=O) groups excluding carboxylic acids is 2. The maximum absolute atomic E-state index is 10.7. The van der Waals surface area contributed by atoms with E-state index in [9.17, 15) is 9.59 Å². The van der Waals surface area contributed by atoms with Gasteiger partial charge in [0.2, 0.25) is 0 Å². The van der Waals surface area contributed by atoms with Gasteiger partial charge in [-0.2, -0.15) is 0 Å². The van der Waals surface area contributed by atoms with Crippen LogP contribution in [0.2, 0.25) is 0 Å². The van der Waals surface area contributed by atoms with Gasteiger partial charge >= 0.3 is 0 Å². The van der Waals surface area contributed by atoms with Crippen molar-refractivity contribution in [2.45, 2.75) is 42.5 Å². The molecule has 0 aromatic rings. The number of rotatable bonds is 3. The molecular formula is C10H22O2. The lowest BCUT2D eigenvalue weighted by molar-refractivity contribution is -0.128. The molecule has 0 radical (unpaired) electrons. The second kappa shape index (κ2) is 7.01. The van der Waals surface area contributed by atoms with Crippen molar-refractivity contribution in [1.29, 1.82) is 0 Å². The smallest absolute Gasteiger partial charge is 0.133 e. The Bertz CT molecular complexity index is 132. The predicted octanol–water partition coefficient (Wildman–Crippen LogP) is 2.71. The molecule has 74 valence electrons. The predicted molar refractivity (Wildman–Crippen MR) is 53.2 cm³/mol. The number of Topliss-reactive ketones (excluding diaryl/α,β-unsaturated/α-hetero) is 2. The lowest BCUT2D eigenvalue weighted by atomic mass is 9.90. The normalized spacial score (nSPS) is 13.3. The molecule has 0 heterocycles. The molecule has 12 heavy (non-hydrogen) atoms. The molecule has 2 unspecified atom stereocenters. The van der Waals surface area contributed by atoms with Gasteiger partial charge in [0, 0.05) is 11.8 Å². The zero-order chi connectivity index (χ0) is 8.31. The molecule has 0 spiro atoms. The van der Waals surface area contributed by atoms with Crippen LogP contribution < -0.4 is 0 Å². The van der Waals surface area contributed by atoms with E-state index in [0.29, 0.717) is 0 Å². The molecular weight excluding hydrogens is 152 g/mol. The van der Waals surface area contributed by atoms with Crippen LogP contribution in [0.4, 0.5) is 0 Å². The lowest BCUT2D eigenvalue weighted by Gasteiger charge is -2.12. The Balaban J connectivity index is -0.000000405. The Morgan fingerprint density at radius 2 is 1.00 bits per heavy atom. The fourth-order valence-electron chi connectivity index (χ4n) is 0.704. The summed E-state index contributed by atoms with van der Waals surface area (Å²) in [6.07, 6.45) is 0. The molecule has 0 bridgehead atoms. The Hall–Kier alpha value is -0.660. The molecule has 2 nitrogen and oxygen atoms in total. The highest BCUT2D eigenvalue weighted by molar-refractivity contribution is 5.86. The summed E-state index contributed by atoms with van der Waals surface area (Å²) >= 11 is 0. The van der Waals surface area contributed by atoms with E-state index in [-0.39, 0.29) is 38.3 Å². The summed E-state index contributed by atoms with van der Waals surface area (Å²) in [5.74, 6) is -0.0830. The van der Waals surface area contributed by atoms with E-state index in [1.54, 1.807) is 13.8 Å². The Kier molecular flexibility index (Phi) is 10.2. The molecule has 0 aromatic heterocycles. The van der Waals surface area contributed by atoms with Gasteiger partial charge in [-0.15, -0.1) is 0 Å². The molecule has 0 aliphatic carbocycles. The highest BCUT2D eigenvalue weighted by atomic mass is 16.1. The van der Waals surface area contributed by atoms with Gasteiger partial charge in [0.1, 0.15) is 11.6 Å². The first-order valence-corrected chi connectivity index (χ1v) is 3.47. The molecule has 0 aromatic carbocycles. The van der Waals surface area contributed by atoms with Gasteiger partial charge in [-0.1, -0.05) is 28.7 Å². The molecule has 0 rings (SSSR count). The van der Waals surface area contributed by atoms with E-state index < -0.39 is 0 Å². The van der Waals surface area contributed by atoms with Crippen molar-refractivity contribution >= 4 is 11.6 Å². The highest BCUT2D eigenvalue weighted by Gasteiger charge is 2.19. The van der Waals surface area contributed by atoms with Gasteiger partial charge in [0.15, 0.2) is 0 Å². The Labute approximate surface area is 76.4 Å². The average molecular weight is 174 g/mol. The third-order valence-electron chi connectivity index (χ3n) is 2.03. The monoisotopic (exact) mass is 174 g/mol. The van der Waals surface area contributed by atoms with Crippen molar-refractivity contribution in [3.05, 3.63) is 0 Å². The minimum absolute atomic E-state index is 0. The quantitative estimate of drug-likeness (QED) is 0.659. The van der Waals surface area contributed by atoms with Crippen LogP contribution >= 0.6 is 0 Å². The van der Waals surface area contributed by atoms with Crippen molar-refractivity contribution in [1.82, 2.24) is 0 Å². The first kappa shape index (κ1) is 17.4. The van der Waals surface area contributed by atoms with Crippen LogP contribution in [0.15, 0.2) is 0 Å². The third kappa shape index (κ3) is 5.05. The first-order valence-electron chi connectivity index (χ1n) is 3.47. The largest absolute Gasteiger partial charge is 0.300 e. The number of hydrogen-bond donors (Lipinski definition) is 0. The molecule has 0 saturated heterocycles. The van der Waals surface area contributed by atoms with E-state index in [1.165, 1.54) is 13.8 Å². The van der Waals surface area contributed by atoms with Crippen LogP contribution in [0.25, 0.3) is 0 Å². The fraction of sp³-hybridized carbons (Fsp3) is 0.800. The van der Waals surface area contributed by atoms with Crippen LogP contribution in [-0.4, -0.2) is 11.6 Å². The average Bonchev–Trinajstić information content (AvgIpc) is 1.84. The van der Waals surface area contributed by atoms with Crippen molar-refractivity contribution in [3.8, 4) is 0 Å². The highest BCUT2D eigenvalue weighted by Crippen LogP contribution is 2.12. The zero-order valence-corrected chi connectivity index (χ0v) is 6.97. The summed E-state index contributed by atoms with van der Waals surface area (Å²) in [6, 6.07) is 0. The van der Waals surface area contributed by atoms with E-state index in [4.69, 9.17) is 0 Å². The third-order valence-corrected chi connectivity index (χ3v) is 2.03. The molecule has 0 aliphatic rings. The number of hydrogen-bond acceptors (Lipinski definition) is 2. The summed E-state index contributed by atoms with van der Waals surface area (Å²) < 4.78 is 0. The Morgan fingerprint density at radius 3 is 1.08 bits per heavy atom. The van der Waals surface area contributed by atoms with Crippen LogP contribution in [0.1, 0.15) is 42.5 Å². The van der Waals surface area contributed by atoms with Crippen molar-refractivity contribution in [3.63, 3.8) is 0 Å². The summed E-state index contributed by atoms with van der Waals surface area (Å²) in [5, 5.41) is 0. The van der Waals surface area contributed by atoms with E-state index in [0.717, 1.165) is 0 Å². The van der Waals surface area contributed by atoms with Gasteiger partial charge in [-0.3, -0.25) is 9.59 Å². The maximum Gasteiger partial charge on any atom is 0.133 e. The molecule has 0 fully saturated rings. The Morgan fingerprint density at radius 1 is 0.833 bits per heavy atom. The van der Waals surface area contributed by atoms with Crippen LogP contribution in [0.3, 0.4) is 0 Å². The minimum atomic E-state index is -0.127. The van der Waals surface area contributed by atoms with Gasteiger partial charge < -0.3 is 0 Å². The number of carbonyl (C=O) groups is 2. The molecule has 0 aliphatic heterocycles. The number of ketones is 2. The van der Waals surface area contributed by atoms with Gasteiger partial charge in [-0.05, 0) is 13.8 Å². The van der Waals surface area contributed by atoms with E-state index in [2.05, 4.69) is 0 Å². The van der Waals surface area contributed by atoms with Crippen LogP contribution in [-0.2, 0) is 9.59 Å². The zero-order valence-electron chi connectivity index (χ0n) is 6.97. The summed E-state index contributed by atoms with van der Waals surface area (Å²) in [7, 11) is 0. The van der Waals surface area contributed by atoms with Crippen molar-refractivity contribution in [2.24, 2.45) is 11.8 Å². The van der Waals surface area contributed by atoms with Crippen LogP contribution in [0, 0.1) is 11.8 Å². The van der Waals surface area contributed by atoms with Crippen molar-refractivity contribution < 1.29 is 9.59 Å². The van der Waals surface area contributed by atoms with Crippen LogP contribution in [0.5, 0.6) is 0 Å². The molecule has 0 N–H and O–H groups in total. The molecule has 2 atom stereocenters. The van der Waals surface area contributed by atoms with E-state index >= 15 is 0 Å². The molecule has 0 amide bonds.